The number of carboxylic acid groups (broad SMARTS) is 1. The highest BCUT2D eigenvalue weighted by molar-refractivity contribution is 5.87. The minimum atomic E-state index is -4.86. The lowest BCUT2D eigenvalue weighted by molar-refractivity contribution is -0.138. The maximum Gasteiger partial charge on any atom is 0.423 e. The van der Waals surface area contributed by atoms with E-state index >= 15 is 0 Å². The van der Waals surface area contributed by atoms with Crippen LogP contribution >= 0.6 is 0 Å². The highest BCUT2D eigenvalue weighted by Crippen LogP contribution is 2.42. The molecule has 1 aliphatic heterocycles. The summed E-state index contributed by atoms with van der Waals surface area (Å²) in [6.45, 7) is 0.129. The number of carboxylic acids is 1. The average molecular weight is 431 g/mol. The van der Waals surface area contributed by atoms with Gasteiger partial charge in [-0.3, -0.25) is 4.79 Å². The van der Waals surface area contributed by atoms with Gasteiger partial charge in [0.2, 0.25) is 0 Å². The molecule has 4 rings (SSSR count). The van der Waals surface area contributed by atoms with Gasteiger partial charge in [0.15, 0.2) is 0 Å². The number of halogens is 3. The molecular weight excluding hydrogens is 415 g/mol. The van der Waals surface area contributed by atoms with Crippen LogP contribution in [0.4, 0.5) is 18.9 Å². The number of anilines is 1. The number of fused-ring (bicyclic) bond motifs is 1. The topological polar surface area (TPSA) is 95.5 Å². The predicted octanol–water partition coefficient (Wildman–Crippen LogP) is 3.63. The maximum absolute atomic E-state index is 13.6. The summed E-state index contributed by atoms with van der Waals surface area (Å²) in [5, 5.41) is 14.4. The van der Waals surface area contributed by atoms with Crippen molar-refractivity contribution < 1.29 is 27.8 Å². The van der Waals surface area contributed by atoms with Gasteiger partial charge in [0, 0.05) is 6.54 Å². The molecule has 10 heteroatoms. The summed E-state index contributed by atoms with van der Waals surface area (Å²) in [5.41, 5.74) is -1.29. The molecule has 1 unspecified atom stereocenters. The molecule has 2 heterocycles. The van der Waals surface area contributed by atoms with Crippen molar-refractivity contribution in [3.8, 4) is 5.75 Å². The van der Waals surface area contributed by atoms with Crippen LogP contribution in [0.25, 0.3) is 0 Å². The molecule has 0 saturated carbocycles. The summed E-state index contributed by atoms with van der Waals surface area (Å²) < 4.78 is 46.6. The molecule has 0 bridgehead atoms. The Morgan fingerprint density at radius 2 is 1.90 bits per heavy atom. The molecule has 160 valence electrons. The number of nitrogens with one attached hydrogen (secondary N) is 1. The van der Waals surface area contributed by atoms with E-state index in [4.69, 9.17) is 9.84 Å². The molecule has 31 heavy (non-hydrogen) atoms. The minimum absolute atomic E-state index is 0.0203. The standard InChI is InChI=1S/C21H16F3N3O4/c22-21(23,24)18-16(9-25-26-19(18)28)27-10-13-3-1-2-4-15(13)17(27)11-31-14-7-5-12(6-8-14)20(29)30/h1-9,17H,10-11H2,(H,26,28)(H,29,30). The SMILES string of the molecule is O=C(O)c1ccc(OCC2c3ccccc3CN2c2cn[nH]c(=O)c2C(F)(F)F)cc1. The number of ether oxygens (including phenoxy) is 1. The van der Waals surface area contributed by atoms with Crippen molar-refractivity contribution >= 4 is 11.7 Å². The van der Waals surface area contributed by atoms with Gasteiger partial charge in [0.05, 0.1) is 23.5 Å². The van der Waals surface area contributed by atoms with E-state index in [2.05, 4.69) is 5.10 Å². The van der Waals surface area contributed by atoms with Crippen LogP contribution in [0.3, 0.4) is 0 Å². The van der Waals surface area contributed by atoms with E-state index in [0.717, 1.165) is 17.3 Å². The van der Waals surface area contributed by atoms with Crippen LogP contribution in [0, 0.1) is 0 Å². The molecule has 2 aromatic carbocycles. The molecule has 1 aliphatic rings. The van der Waals surface area contributed by atoms with E-state index in [0.29, 0.717) is 5.75 Å². The van der Waals surface area contributed by atoms with Gasteiger partial charge in [0.1, 0.15) is 17.9 Å². The molecule has 1 aromatic heterocycles. The molecule has 0 amide bonds. The zero-order chi connectivity index (χ0) is 22.2. The molecular formula is C21H16F3N3O4. The Balaban J connectivity index is 1.68. The highest BCUT2D eigenvalue weighted by atomic mass is 19.4. The van der Waals surface area contributed by atoms with Crippen LogP contribution in [0.1, 0.15) is 33.1 Å². The monoisotopic (exact) mass is 431 g/mol. The van der Waals surface area contributed by atoms with E-state index in [-0.39, 0.29) is 24.4 Å². The number of hydrogen-bond donors (Lipinski definition) is 2. The number of rotatable bonds is 5. The van der Waals surface area contributed by atoms with Crippen molar-refractivity contribution in [1.29, 1.82) is 0 Å². The van der Waals surface area contributed by atoms with Gasteiger partial charge >= 0.3 is 12.1 Å². The molecule has 0 spiro atoms. The largest absolute Gasteiger partial charge is 0.491 e. The van der Waals surface area contributed by atoms with Crippen LogP contribution in [0.15, 0.2) is 59.5 Å². The average Bonchev–Trinajstić information content (AvgIpc) is 3.10. The lowest BCUT2D eigenvalue weighted by atomic mass is 10.1. The van der Waals surface area contributed by atoms with Gasteiger partial charge in [-0.2, -0.15) is 18.3 Å². The fourth-order valence-electron chi connectivity index (χ4n) is 3.65. The first-order valence-electron chi connectivity index (χ1n) is 9.21. The number of aromatic nitrogens is 2. The molecule has 1 atom stereocenters. The number of alkyl halides is 3. The molecule has 2 N–H and O–H groups in total. The van der Waals surface area contributed by atoms with Crippen molar-refractivity contribution in [2.24, 2.45) is 0 Å². The third-order valence-corrected chi connectivity index (χ3v) is 5.07. The maximum atomic E-state index is 13.6. The zero-order valence-corrected chi connectivity index (χ0v) is 15.9. The summed E-state index contributed by atoms with van der Waals surface area (Å²) in [6, 6.07) is 12.3. The lowest BCUT2D eigenvalue weighted by Gasteiger charge is -2.29. The number of aromatic carboxylic acids is 1. The smallest absolute Gasteiger partial charge is 0.423 e. The first-order valence-corrected chi connectivity index (χ1v) is 9.21. The summed E-state index contributed by atoms with van der Waals surface area (Å²) in [7, 11) is 0. The van der Waals surface area contributed by atoms with E-state index in [1.165, 1.54) is 29.2 Å². The first kappa shape index (κ1) is 20.5. The number of aromatic amines is 1. The summed E-state index contributed by atoms with van der Waals surface area (Å²) in [4.78, 5) is 24.4. The molecule has 7 nitrogen and oxygen atoms in total. The Hall–Kier alpha value is -3.82. The molecule has 3 aromatic rings. The second-order valence-electron chi connectivity index (χ2n) is 6.94. The van der Waals surface area contributed by atoms with Crippen molar-refractivity contribution in [3.63, 3.8) is 0 Å². The Bertz CT molecular complexity index is 1180. The van der Waals surface area contributed by atoms with Gasteiger partial charge in [-0.1, -0.05) is 24.3 Å². The normalized spacial score (nSPS) is 15.6. The second-order valence-corrected chi connectivity index (χ2v) is 6.94. The van der Waals surface area contributed by atoms with Crippen LogP contribution in [-0.2, 0) is 12.7 Å². The lowest BCUT2D eigenvalue weighted by Crippen LogP contribution is -2.32. The number of nitrogens with zero attached hydrogens (tertiary/aromatic N) is 2. The van der Waals surface area contributed by atoms with Crippen molar-refractivity contribution in [2.45, 2.75) is 18.8 Å². The van der Waals surface area contributed by atoms with Crippen LogP contribution < -0.4 is 15.2 Å². The van der Waals surface area contributed by atoms with Crippen molar-refractivity contribution in [2.75, 3.05) is 11.5 Å². The number of hydrogen-bond acceptors (Lipinski definition) is 5. The van der Waals surface area contributed by atoms with Gasteiger partial charge in [0.25, 0.3) is 5.56 Å². The Morgan fingerprint density at radius 3 is 2.58 bits per heavy atom. The van der Waals surface area contributed by atoms with E-state index in [1.807, 2.05) is 5.10 Å². The van der Waals surface area contributed by atoms with Gasteiger partial charge in [-0.25, -0.2) is 9.89 Å². The predicted molar refractivity (Wildman–Crippen MR) is 104 cm³/mol. The Labute approximate surface area is 173 Å². The third-order valence-electron chi connectivity index (χ3n) is 5.07. The Kier molecular flexibility index (Phi) is 5.14. The number of H-pyrrole nitrogens is 1. The van der Waals surface area contributed by atoms with Crippen molar-refractivity contribution in [3.05, 3.63) is 87.3 Å². The van der Waals surface area contributed by atoms with Crippen LogP contribution in [0.2, 0.25) is 0 Å². The third kappa shape index (κ3) is 3.96. The van der Waals surface area contributed by atoms with Crippen LogP contribution in [-0.4, -0.2) is 27.9 Å². The second kappa shape index (κ2) is 7.78. The van der Waals surface area contributed by atoms with E-state index in [1.54, 1.807) is 24.3 Å². The minimum Gasteiger partial charge on any atom is -0.491 e. The summed E-state index contributed by atoms with van der Waals surface area (Å²) in [5.74, 6) is -0.710. The quantitative estimate of drug-likeness (QED) is 0.641. The molecule has 0 fully saturated rings. The molecule has 0 radical (unpaired) electrons. The summed E-state index contributed by atoms with van der Waals surface area (Å²) >= 11 is 0. The summed E-state index contributed by atoms with van der Waals surface area (Å²) in [6.07, 6.45) is -3.87. The van der Waals surface area contributed by atoms with Gasteiger partial charge in [-0.05, 0) is 35.4 Å². The molecule has 0 aliphatic carbocycles. The Morgan fingerprint density at radius 1 is 1.19 bits per heavy atom. The van der Waals surface area contributed by atoms with E-state index < -0.39 is 29.3 Å². The highest BCUT2D eigenvalue weighted by Gasteiger charge is 2.42. The van der Waals surface area contributed by atoms with Crippen LogP contribution in [0.5, 0.6) is 5.75 Å². The fourth-order valence-corrected chi connectivity index (χ4v) is 3.65. The van der Waals surface area contributed by atoms with E-state index in [9.17, 15) is 22.8 Å². The van der Waals surface area contributed by atoms with Gasteiger partial charge in [-0.15, -0.1) is 0 Å². The number of benzene rings is 2. The molecule has 0 saturated heterocycles. The first-order chi connectivity index (χ1) is 14.8. The fraction of sp³-hybridized carbons (Fsp3) is 0.190. The van der Waals surface area contributed by atoms with Gasteiger partial charge < -0.3 is 14.7 Å². The number of carbonyl (C=O) groups is 1. The van der Waals surface area contributed by atoms with Crippen molar-refractivity contribution in [1.82, 2.24) is 10.2 Å². The zero-order valence-electron chi connectivity index (χ0n) is 15.9.